The molecule has 0 aliphatic heterocycles. The van der Waals surface area contributed by atoms with Crippen molar-refractivity contribution in [2.24, 2.45) is 0 Å². The number of methoxy groups -OCH3 is 1. The zero-order chi connectivity index (χ0) is 18.1. The van der Waals surface area contributed by atoms with Crippen molar-refractivity contribution in [1.29, 1.82) is 0 Å². The number of halogens is 2. The zero-order valence-corrected chi connectivity index (χ0v) is 15.3. The van der Waals surface area contributed by atoms with Gasteiger partial charge in [0.2, 0.25) is 5.91 Å². The molecule has 0 radical (unpaired) electrons. The SMILES string of the molecule is COCCOc1ccc(CNC(=O)/C=C/c2cccc(Cl)c2Cl)cc1. The fraction of sp³-hybridized carbons (Fsp3) is 0.211. The summed E-state index contributed by atoms with van der Waals surface area (Å²) in [5.41, 5.74) is 1.67. The minimum Gasteiger partial charge on any atom is -0.491 e. The number of nitrogens with one attached hydrogen (secondary N) is 1. The molecule has 2 rings (SSSR count). The van der Waals surface area contributed by atoms with Crippen LogP contribution in [-0.2, 0) is 16.1 Å². The Bertz CT molecular complexity index is 730. The van der Waals surface area contributed by atoms with Gasteiger partial charge in [-0.3, -0.25) is 4.79 Å². The number of carbonyl (C=O) groups excluding carboxylic acids is 1. The third kappa shape index (κ3) is 6.42. The van der Waals surface area contributed by atoms with E-state index in [1.807, 2.05) is 24.3 Å². The Labute approximate surface area is 157 Å². The van der Waals surface area contributed by atoms with Crippen molar-refractivity contribution in [2.75, 3.05) is 20.3 Å². The van der Waals surface area contributed by atoms with Gasteiger partial charge in [0.15, 0.2) is 0 Å². The van der Waals surface area contributed by atoms with E-state index in [2.05, 4.69) is 5.32 Å². The Hall–Kier alpha value is -2.01. The number of ether oxygens (including phenoxy) is 2. The van der Waals surface area contributed by atoms with Gasteiger partial charge in [0.1, 0.15) is 12.4 Å². The molecule has 1 N–H and O–H groups in total. The monoisotopic (exact) mass is 379 g/mol. The van der Waals surface area contributed by atoms with E-state index in [1.165, 1.54) is 6.08 Å². The molecule has 0 saturated heterocycles. The molecule has 25 heavy (non-hydrogen) atoms. The van der Waals surface area contributed by atoms with Crippen LogP contribution in [0.1, 0.15) is 11.1 Å². The third-order valence-corrected chi connectivity index (χ3v) is 4.18. The Morgan fingerprint density at radius 1 is 1.12 bits per heavy atom. The van der Waals surface area contributed by atoms with E-state index in [4.69, 9.17) is 32.7 Å². The summed E-state index contributed by atoms with van der Waals surface area (Å²) in [4.78, 5) is 11.9. The van der Waals surface area contributed by atoms with Gasteiger partial charge in [0, 0.05) is 19.7 Å². The van der Waals surface area contributed by atoms with Crippen LogP contribution in [0.2, 0.25) is 10.0 Å². The molecule has 0 unspecified atom stereocenters. The lowest BCUT2D eigenvalue weighted by molar-refractivity contribution is -0.116. The van der Waals surface area contributed by atoms with Crippen LogP contribution in [0.15, 0.2) is 48.5 Å². The maximum atomic E-state index is 11.9. The maximum absolute atomic E-state index is 11.9. The lowest BCUT2D eigenvalue weighted by Gasteiger charge is -2.07. The van der Waals surface area contributed by atoms with Crippen LogP contribution in [0.5, 0.6) is 5.75 Å². The van der Waals surface area contributed by atoms with Gasteiger partial charge in [-0.05, 0) is 35.4 Å². The van der Waals surface area contributed by atoms with Crippen molar-refractivity contribution in [2.45, 2.75) is 6.54 Å². The fourth-order valence-electron chi connectivity index (χ4n) is 2.01. The van der Waals surface area contributed by atoms with Crippen LogP contribution in [0, 0.1) is 0 Å². The number of hydrogen-bond donors (Lipinski definition) is 1. The topological polar surface area (TPSA) is 47.6 Å². The van der Waals surface area contributed by atoms with E-state index in [0.717, 1.165) is 11.3 Å². The Morgan fingerprint density at radius 3 is 2.60 bits per heavy atom. The molecule has 0 aliphatic rings. The van der Waals surface area contributed by atoms with E-state index in [0.29, 0.717) is 35.4 Å². The molecule has 132 valence electrons. The van der Waals surface area contributed by atoms with E-state index >= 15 is 0 Å². The van der Waals surface area contributed by atoms with Gasteiger partial charge in [0.25, 0.3) is 0 Å². The van der Waals surface area contributed by atoms with Crippen molar-refractivity contribution in [3.63, 3.8) is 0 Å². The summed E-state index contributed by atoms with van der Waals surface area (Å²) in [6.07, 6.45) is 3.07. The first-order valence-electron chi connectivity index (χ1n) is 7.70. The standard InChI is InChI=1S/C19H19Cl2NO3/c1-24-11-12-25-16-8-5-14(6-9-16)13-22-18(23)10-7-15-3-2-4-17(20)19(15)21/h2-10H,11-13H2,1H3,(H,22,23)/b10-7+. The number of benzene rings is 2. The molecule has 0 bridgehead atoms. The van der Waals surface area contributed by atoms with Gasteiger partial charge in [-0.25, -0.2) is 0 Å². The number of rotatable bonds is 8. The molecule has 0 heterocycles. The van der Waals surface area contributed by atoms with Crippen molar-refractivity contribution in [3.05, 3.63) is 69.7 Å². The minimum absolute atomic E-state index is 0.212. The molecule has 0 atom stereocenters. The zero-order valence-electron chi connectivity index (χ0n) is 13.8. The molecular weight excluding hydrogens is 361 g/mol. The molecule has 2 aromatic rings. The average Bonchev–Trinajstić information content (AvgIpc) is 2.62. The highest BCUT2D eigenvalue weighted by Gasteiger charge is 2.02. The van der Waals surface area contributed by atoms with Crippen LogP contribution >= 0.6 is 23.2 Å². The van der Waals surface area contributed by atoms with E-state index in [1.54, 1.807) is 31.4 Å². The van der Waals surface area contributed by atoms with Crippen LogP contribution in [0.3, 0.4) is 0 Å². The highest BCUT2D eigenvalue weighted by atomic mass is 35.5. The van der Waals surface area contributed by atoms with Crippen molar-refractivity contribution >= 4 is 35.2 Å². The van der Waals surface area contributed by atoms with Gasteiger partial charge < -0.3 is 14.8 Å². The molecule has 4 nitrogen and oxygen atoms in total. The number of hydrogen-bond acceptors (Lipinski definition) is 3. The summed E-state index contributed by atoms with van der Waals surface area (Å²) in [6, 6.07) is 12.8. The van der Waals surface area contributed by atoms with Crippen molar-refractivity contribution < 1.29 is 14.3 Å². The Morgan fingerprint density at radius 2 is 1.88 bits per heavy atom. The smallest absolute Gasteiger partial charge is 0.244 e. The molecule has 0 aromatic heterocycles. The van der Waals surface area contributed by atoms with Gasteiger partial charge in [-0.2, -0.15) is 0 Å². The molecular formula is C19H19Cl2NO3. The largest absolute Gasteiger partial charge is 0.491 e. The lowest BCUT2D eigenvalue weighted by atomic mass is 10.2. The normalized spacial score (nSPS) is 10.8. The second-order valence-corrected chi connectivity index (χ2v) is 5.96. The molecule has 0 fully saturated rings. The van der Waals surface area contributed by atoms with Gasteiger partial charge in [0.05, 0.1) is 16.7 Å². The van der Waals surface area contributed by atoms with Gasteiger partial charge in [-0.15, -0.1) is 0 Å². The summed E-state index contributed by atoms with van der Waals surface area (Å²) in [5.74, 6) is 0.555. The van der Waals surface area contributed by atoms with Crippen molar-refractivity contribution in [1.82, 2.24) is 5.32 Å². The van der Waals surface area contributed by atoms with Gasteiger partial charge >= 0.3 is 0 Å². The second kappa shape index (κ2) is 10.1. The van der Waals surface area contributed by atoms with E-state index < -0.39 is 0 Å². The first kappa shape index (κ1) is 19.3. The van der Waals surface area contributed by atoms with Crippen LogP contribution in [0.4, 0.5) is 0 Å². The predicted octanol–water partition coefficient (Wildman–Crippen LogP) is 4.35. The Kier molecular flexibility index (Phi) is 7.79. The fourth-order valence-corrected chi connectivity index (χ4v) is 2.38. The lowest BCUT2D eigenvalue weighted by Crippen LogP contribution is -2.20. The average molecular weight is 380 g/mol. The molecule has 2 aromatic carbocycles. The van der Waals surface area contributed by atoms with E-state index in [-0.39, 0.29) is 5.91 Å². The van der Waals surface area contributed by atoms with Crippen LogP contribution < -0.4 is 10.1 Å². The molecule has 1 amide bonds. The summed E-state index contributed by atoms with van der Waals surface area (Å²) in [6.45, 7) is 1.47. The summed E-state index contributed by atoms with van der Waals surface area (Å²) in [5, 5.41) is 3.70. The van der Waals surface area contributed by atoms with Gasteiger partial charge in [-0.1, -0.05) is 47.5 Å². The summed E-state index contributed by atoms with van der Waals surface area (Å²) < 4.78 is 10.4. The molecule has 0 aliphatic carbocycles. The number of carbonyl (C=O) groups is 1. The minimum atomic E-state index is -0.212. The summed E-state index contributed by atoms with van der Waals surface area (Å²) in [7, 11) is 1.63. The molecule has 0 saturated carbocycles. The first-order valence-corrected chi connectivity index (χ1v) is 8.46. The maximum Gasteiger partial charge on any atom is 0.244 e. The first-order chi connectivity index (χ1) is 12.1. The molecule has 6 heteroatoms. The molecule has 0 spiro atoms. The quantitative estimate of drug-likeness (QED) is 0.547. The van der Waals surface area contributed by atoms with Crippen molar-refractivity contribution in [3.8, 4) is 5.75 Å². The van der Waals surface area contributed by atoms with Crippen LogP contribution in [0.25, 0.3) is 6.08 Å². The third-order valence-electron chi connectivity index (χ3n) is 3.34. The summed E-state index contributed by atoms with van der Waals surface area (Å²) >= 11 is 12.0. The highest BCUT2D eigenvalue weighted by molar-refractivity contribution is 6.42. The number of amides is 1. The second-order valence-electron chi connectivity index (χ2n) is 5.18. The van der Waals surface area contributed by atoms with Crippen LogP contribution in [-0.4, -0.2) is 26.2 Å². The van der Waals surface area contributed by atoms with E-state index in [9.17, 15) is 4.79 Å². The predicted molar refractivity (Wildman–Crippen MR) is 101 cm³/mol. The Balaban J connectivity index is 1.83. The highest BCUT2D eigenvalue weighted by Crippen LogP contribution is 2.26.